The Hall–Kier alpha value is -4.12. The van der Waals surface area contributed by atoms with Crippen LogP contribution in [-0.4, -0.2) is 24.5 Å². The van der Waals surface area contributed by atoms with Crippen LogP contribution in [0.4, 0.5) is 0 Å². The first-order valence-electron chi connectivity index (χ1n) is 9.41. The van der Waals surface area contributed by atoms with E-state index in [9.17, 15) is 0 Å². The molecule has 0 N–H and O–H groups in total. The molecule has 0 spiro atoms. The molecule has 3 aromatic carbocycles. The van der Waals surface area contributed by atoms with Crippen molar-refractivity contribution in [1.82, 2.24) is 24.5 Å². The number of fused-ring (bicyclic) bond motifs is 4. The topological polar surface area (TPSA) is 56.5 Å². The summed E-state index contributed by atoms with van der Waals surface area (Å²) in [6.07, 6.45) is 5.00. The molecule has 5 heteroatoms. The first kappa shape index (κ1) is 15.9. The van der Waals surface area contributed by atoms with Crippen molar-refractivity contribution in [3.63, 3.8) is 0 Å². The van der Waals surface area contributed by atoms with E-state index in [4.69, 9.17) is 0 Å². The number of aromatic nitrogens is 5. The van der Waals surface area contributed by atoms with Crippen LogP contribution < -0.4 is 0 Å². The molecule has 0 bridgehead atoms. The fourth-order valence-corrected chi connectivity index (χ4v) is 3.87. The molecule has 0 aliphatic carbocycles. The molecular formula is C24H15N5. The van der Waals surface area contributed by atoms with Gasteiger partial charge in [-0.05, 0) is 36.4 Å². The summed E-state index contributed by atoms with van der Waals surface area (Å²) in [6, 6.07) is 25.3. The molecule has 3 aromatic heterocycles. The lowest BCUT2D eigenvalue weighted by Crippen LogP contribution is -1.95. The minimum absolute atomic E-state index is 0.601. The van der Waals surface area contributed by atoms with Gasteiger partial charge < -0.3 is 4.57 Å². The molecule has 3 heterocycles. The summed E-state index contributed by atoms with van der Waals surface area (Å²) in [5, 5.41) is 2.51. The number of para-hydroxylation sites is 2. The summed E-state index contributed by atoms with van der Waals surface area (Å²) >= 11 is 0. The van der Waals surface area contributed by atoms with Gasteiger partial charge in [0.1, 0.15) is 5.52 Å². The summed E-state index contributed by atoms with van der Waals surface area (Å²) in [6.45, 7) is 0. The third-order valence-electron chi connectivity index (χ3n) is 5.19. The summed E-state index contributed by atoms with van der Waals surface area (Å²) in [5.41, 5.74) is 5.73. The van der Waals surface area contributed by atoms with Gasteiger partial charge in [-0.1, -0.05) is 36.4 Å². The van der Waals surface area contributed by atoms with E-state index < -0.39 is 0 Å². The van der Waals surface area contributed by atoms with Crippen molar-refractivity contribution >= 4 is 33.0 Å². The maximum Gasteiger partial charge on any atom is 0.181 e. The van der Waals surface area contributed by atoms with Gasteiger partial charge in [0, 0.05) is 34.4 Å². The van der Waals surface area contributed by atoms with Crippen LogP contribution in [0.1, 0.15) is 0 Å². The highest BCUT2D eigenvalue weighted by Gasteiger charge is 2.12. The molecule has 6 aromatic rings. The second-order valence-electron chi connectivity index (χ2n) is 6.88. The average molecular weight is 373 g/mol. The Morgan fingerprint density at radius 3 is 2.00 bits per heavy atom. The molecule has 6 rings (SSSR count). The molecule has 0 atom stereocenters. The summed E-state index contributed by atoms with van der Waals surface area (Å²) in [5.74, 6) is 0.645. The standard InChI is InChI=1S/C24H15N5/c1-3-7-21-18(5-1)19-6-2-4-8-22(19)29(21)17-11-9-16(10-12-17)23-27-15-20-24(28-23)26-14-13-25-20/h1-15H. The first-order valence-corrected chi connectivity index (χ1v) is 9.41. The van der Waals surface area contributed by atoms with Crippen LogP contribution in [0, 0.1) is 0 Å². The molecule has 0 saturated carbocycles. The van der Waals surface area contributed by atoms with E-state index in [1.54, 1.807) is 18.6 Å². The van der Waals surface area contributed by atoms with Crippen LogP contribution in [0.2, 0.25) is 0 Å². The highest BCUT2D eigenvalue weighted by atomic mass is 15.0. The number of nitrogens with zero attached hydrogens (tertiary/aromatic N) is 5. The monoisotopic (exact) mass is 373 g/mol. The van der Waals surface area contributed by atoms with Crippen LogP contribution in [0.25, 0.3) is 50.0 Å². The third kappa shape index (κ3) is 2.48. The zero-order valence-corrected chi connectivity index (χ0v) is 15.4. The average Bonchev–Trinajstić information content (AvgIpc) is 3.13. The number of benzene rings is 3. The van der Waals surface area contributed by atoms with Gasteiger partial charge in [-0.15, -0.1) is 0 Å². The molecule has 0 fully saturated rings. The Morgan fingerprint density at radius 1 is 0.621 bits per heavy atom. The second kappa shape index (κ2) is 6.21. The molecular weight excluding hydrogens is 358 g/mol. The van der Waals surface area contributed by atoms with Crippen LogP contribution in [-0.2, 0) is 0 Å². The van der Waals surface area contributed by atoms with Crippen molar-refractivity contribution in [2.24, 2.45) is 0 Å². The SMILES string of the molecule is c1ccc2c(c1)c1ccccc1n2-c1ccc(-c2ncc3nccnc3n2)cc1. The largest absolute Gasteiger partial charge is 0.309 e. The number of hydrogen-bond acceptors (Lipinski definition) is 4. The minimum Gasteiger partial charge on any atom is -0.309 e. The van der Waals surface area contributed by atoms with Crippen LogP contribution in [0.5, 0.6) is 0 Å². The quantitative estimate of drug-likeness (QED) is 0.419. The van der Waals surface area contributed by atoms with Gasteiger partial charge in [-0.3, -0.25) is 0 Å². The third-order valence-corrected chi connectivity index (χ3v) is 5.19. The molecule has 5 nitrogen and oxygen atoms in total. The Labute approximate surface area is 166 Å². The van der Waals surface area contributed by atoms with E-state index >= 15 is 0 Å². The second-order valence-corrected chi connectivity index (χ2v) is 6.88. The number of hydrogen-bond donors (Lipinski definition) is 0. The predicted octanol–water partition coefficient (Wildman–Crippen LogP) is 5.18. The summed E-state index contributed by atoms with van der Waals surface area (Å²) in [4.78, 5) is 17.5. The molecule has 0 radical (unpaired) electrons. The van der Waals surface area contributed by atoms with Gasteiger partial charge in [-0.25, -0.2) is 19.9 Å². The lowest BCUT2D eigenvalue weighted by atomic mass is 10.2. The molecule has 136 valence electrons. The normalized spacial score (nSPS) is 11.4. The smallest absolute Gasteiger partial charge is 0.181 e. The molecule has 0 aliphatic heterocycles. The molecule has 29 heavy (non-hydrogen) atoms. The van der Waals surface area contributed by atoms with Gasteiger partial charge in [-0.2, -0.15) is 0 Å². The first-order chi connectivity index (χ1) is 14.4. The minimum atomic E-state index is 0.601. The predicted molar refractivity (Wildman–Crippen MR) is 115 cm³/mol. The van der Waals surface area contributed by atoms with E-state index in [-0.39, 0.29) is 0 Å². The highest BCUT2D eigenvalue weighted by Crippen LogP contribution is 2.32. The molecule has 0 unspecified atom stereocenters. The Kier molecular flexibility index (Phi) is 3.40. The van der Waals surface area contributed by atoms with Crippen molar-refractivity contribution in [1.29, 1.82) is 0 Å². The van der Waals surface area contributed by atoms with Crippen LogP contribution in [0.3, 0.4) is 0 Å². The van der Waals surface area contributed by atoms with Crippen molar-refractivity contribution in [2.45, 2.75) is 0 Å². The number of rotatable bonds is 2. The van der Waals surface area contributed by atoms with E-state index in [0.29, 0.717) is 17.0 Å². The maximum absolute atomic E-state index is 4.55. The van der Waals surface area contributed by atoms with Gasteiger partial charge in [0.15, 0.2) is 11.5 Å². The van der Waals surface area contributed by atoms with Gasteiger partial charge in [0.25, 0.3) is 0 Å². The fraction of sp³-hybridized carbons (Fsp3) is 0. The maximum atomic E-state index is 4.55. The fourth-order valence-electron chi connectivity index (χ4n) is 3.87. The van der Waals surface area contributed by atoms with Crippen molar-refractivity contribution in [3.05, 3.63) is 91.4 Å². The van der Waals surface area contributed by atoms with Crippen molar-refractivity contribution < 1.29 is 0 Å². The zero-order chi connectivity index (χ0) is 19.2. The lowest BCUT2D eigenvalue weighted by Gasteiger charge is -2.09. The van der Waals surface area contributed by atoms with Crippen LogP contribution in [0.15, 0.2) is 91.4 Å². The molecule has 0 saturated heterocycles. The van der Waals surface area contributed by atoms with Crippen molar-refractivity contribution in [3.8, 4) is 17.1 Å². The lowest BCUT2D eigenvalue weighted by molar-refractivity contribution is 1.15. The Bertz CT molecular complexity index is 1450. The van der Waals surface area contributed by atoms with E-state index in [1.165, 1.54) is 21.8 Å². The zero-order valence-electron chi connectivity index (χ0n) is 15.4. The summed E-state index contributed by atoms with van der Waals surface area (Å²) < 4.78 is 2.29. The Balaban J connectivity index is 1.50. The van der Waals surface area contributed by atoms with Gasteiger partial charge in [0.2, 0.25) is 0 Å². The van der Waals surface area contributed by atoms with Crippen molar-refractivity contribution in [2.75, 3.05) is 0 Å². The Morgan fingerprint density at radius 2 is 1.28 bits per heavy atom. The summed E-state index contributed by atoms with van der Waals surface area (Å²) in [7, 11) is 0. The van der Waals surface area contributed by atoms with E-state index in [1.807, 2.05) is 0 Å². The highest BCUT2D eigenvalue weighted by molar-refractivity contribution is 6.09. The molecule has 0 amide bonds. The molecule has 0 aliphatic rings. The van der Waals surface area contributed by atoms with Gasteiger partial charge >= 0.3 is 0 Å². The van der Waals surface area contributed by atoms with Gasteiger partial charge in [0.05, 0.1) is 17.2 Å². The van der Waals surface area contributed by atoms with E-state index in [2.05, 4.69) is 97.3 Å². The van der Waals surface area contributed by atoms with Crippen LogP contribution >= 0.6 is 0 Å². The van der Waals surface area contributed by atoms with E-state index in [0.717, 1.165) is 11.3 Å².